The fourth-order valence-corrected chi connectivity index (χ4v) is 2.51. The molecule has 1 saturated heterocycles. The fraction of sp³-hybridized carbons (Fsp3) is 0.529. The molecule has 6 heteroatoms. The molecule has 0 spiro atoms. The summed E-state index contributed by atoms with van der Waals surface area (Å²) in [5.41, 5.74) is 0.861. The monoisotopic (exact) mass is 321 g/mol. The molecule has 23 heavy (non-hydrogen) atoms. The molecule has 1 N–H and O–H groups in total. The van der Waals surface area contributed by atoms with E-state index in [1.54, 1.807) is 13.8 Å². The van der Waals surface area contributed by atoms with E-state index in [1.165, 1.54) is 4.90 Å². The minimum Gasteiger partial charge on any atom is -0.461 e. The molecular weight excluding hydrogens is 298 g/mol. The van der Waals surface area contributed by atoms with Crippen molar-refractivity contribution in [1.82, 2.24) is 4.90 Å². The van der Waals surface area contributed by atoms with Gasteiger partial charge < -0.3 is 14.6 Å². The average molecular weight is 321 g/mol. The number of aliphatic hydroxyl groups is 1. The van der Waals surface area contributed by atoms with Crippen LogP contribution < -0.4 is 0 Å². The number of nitrogens with zero attached hydrogens (tertiary/aromatic N) is 1. The zero-order valence-corrected chi connectivity index (χ0v) is 13.5. The van der Waals surface area contributed by atoms with Crippen LogP contribution in [0.4, 0.5) is 4.79 Å². The van der Waals surface area contributed by atoms with Gasteiger partial charge >= 0.3 is 12.1 Å². The zero-order chi connectivity index (χ0) is 16.8. The molecule has 0 bridgehead atoms. The van der Waals surface area contributed by atoms with Crippen LogP contribution in [0.5, 0.6) is 0 Å². The molecule has 1 aliphatic heterocycles. The van der Waals surface area contributed by atoms with Crippen LogP contribution >= 0.6 is 0 Å². The first-order valence-electron chi connectivity index (χ1n) is 7.83. The largest absolute Gasteiger partial charge is 0.461 e. The number of β-amino-alcohol motifs (C(OH)–C–C–N with tert-alkyl or cyclic N) is 1. The maximum atomic E-state index is 12.3. The van der Waals surface area contributed by atoms with Crippen molar-refractivity contribution < 1.29 is 24.2 Å². The number of rotatable bonds is 4. The molecule has 0 radical (unpaired) electrons. The van der Waals surface area contributed by atoms with Gasteiger partial charge in [0.1, 0.15) is 12.6 Å². The van der Waals surface area contributed by atoms with Crippen molar-refractivity contribution in [2.45, 2.75) is 51.5 Å². The Morgan fingerprint density at radius 2 is 1.96 bits per heavy atom. The molecule has 1 aromatic rings. The Bertz CT molecular complexity index is 531. The van der Waals surface area contributed by atoms with Crippen molar-refractivity contribution in [2.75, 3.05) is 6.54 Å². The lowest BCUT2D eigenvalue weighted by molar-refractivity contribution is -0.155. The molecular formula is C17H23NO5. The highest BCUT2D eigenvalue weighted by molar-refractivity contribution is 5.81. The van der Waals surface area contributed by atoms with E-state index in [-0.39, 0.29) is 19.3 Å². The topological polar surface area (TPSA) is 76.1 Å². The molecule has 0 aromatic heterocycles. The van der Waals surface area contributed by atoms with Crippen LogP contribution in [-0.4, -0.2) is 46.9 Å². The molecule has 6 nitrogen and oxygen atoms in total. The maximum absolute atomic E-state index is 12.3. The first-order chi connectivity index (χ1) is 11.0. The highest BCUT2D eigenvalue weighted by Gasteiger charge is 2.37. The van der Waals surface area contributed by atoms with E-state index in [1.807, 2.05) is 30.3 Å². The molecule has 0 unspecified atom stereocenters. The van der Waals surface area contributed by atoms with E-state index in [2.05, 4.69) is 0 Å². The minimum atomic E-state index is -0.705. The van der Waals surface area contributed by atoms with Gasteiger partial charge in [-0.25, -0.2) is 9.59 Å². The number of likely N-dealkylation sites (tertiary alicyclic amines) is 1. The molecule has 2 rings (SSSR count). The van der Waals surface area contributed by atoms with Crippen molar-refractivity contribution in [1.29, 1.82) is 0 Å². The SMILES string of the molecule is CC(C)OC(=O)[C@H]1CC[C@@H](O)CN1C(=O)OCc1ccccc1. The van der Waals surface area contributed by atoms with E-state index in [4.69, 9.17) is 9.47 Å². The number of ether oxygens (including phenoxy) is 2. The number of benzene rings is 1. The predicted octanol–water partition coefficient (Wildman–Crippen LogP) is 2.10. The lowest BCUT2D eigenvalue weighted by Crippen LogP contribution is -2.53. The quantitative estimate of drug-likeness (QED) is 0.860. The van der Waals surface area contributed by atoms with E-state index < -0.39 is 24.2 Å². The van der Waals surface area contributed by atoms with Crippen LogP contribution in [0.1, 0.15) is 32.3 Å². The number of carbonyl (C=O) groups excluding carboxylic acids is 2. The van der Waals surface area contributed by atoms with Crippen molar-refractivity contribution in [3.05, 3.63) is 35.9 Å². The van der Waals surface area contributed by atoms with Crippen molar-refractivity contribution in [3.63, 3.8) is 0 Å². The highest BCUT2D eigenvalue weighted by Crippen LogP contribution is 2.20. The number of amides is 1. The molecule has 126 valence electrons. The molecule has 0 aliphatic carbocycles. The number of hydrogen-bond donors (Lipinski definition) is 1. The second-order valence-electron chi connectivity index (χ2n) is 5.93. The van der Waals surface area contributed by atoms with Gasteiger partial charge in [-0.3, -0.25) is 4.90 Å². The van der Waals surface area contributed by atoms with Gasteiger partial charge in [-0.2, -0.15) is 0 Å². The fourth-order valence-electron chi connectivity index (χ4n) is 2.51. The standard InChI is InChI=1S/C17H23NO5/c1-12(2)23-16(20)15-9-8-14(19)10-18(15)17(21)22-11-13-6-4-3-5-7-13/h3-7,12,14-15,19H,8-11H2,1-2H3/t14-,15-/m1/s1. The van der Waals surface area contributed by atoms with E-state index in [0.29, 0.717) is 12.8 Å². The van der Waals surface area contributed by atoms with Crippen molar-refractivity contribution in [2.24, 2.45) is 0 Å². The van der Waals surface area contributed by atoms with Crippen molar-refractivity contribution in [3.8, 4) is 0 Å². The summed E-state index contributed by atoms with van der Waals surface area (Å²) in [4.78, 5) is 25.7. The lowest BCUT2D eigenvalue weighted by Gasteiger charge is -2.35. The van der Waals surface area contributed by atoms with Gasteiger partial charge in [-0.05, 0) is 32.3 Å². The number of hydrogen-bond acceptors (Lipinski definition) is 5. The molecule has 1 amide bonds. The molecule has 1 heterocycles. The normalized spacial score (nSPS) is 21.1. The van der Waals surface area contributed by atoms with Gasteiger partial charge in [0.2, 0.25) is 0 Å². The maximum Gasteiger partial charge on any atom is 0.410 e. The van der Waals surface area contributed by atoms with Gasteiger partial charge in [0.25, 0.3) is 0 Å². The minimum absolute atomic E-state index is 0.0749. The van der Waals surface area contributed by atoms with Crippen molar-refractivity contribution >= 4 is 12.1 Å². The summed E-state index contributed by atoms with van der Waals surface area (Å²) in [7, 11) is 0. The highest BCUT2D eigenvalue weighted by atomic mass is 16.6. The summed E-state index contributed by atoms with van der Waals surface area (Å²) in [5, 5.41) is 9.79. The predicted molar refractivity (Wildman–Crippen MR) is 83.6 cm³/mol. The Morgan fingerprint density at radius 1 is 1.26 bits per heavy atom. The van der Waals surface area contributed by atoms with Gasteiger partial charge in [0.05, 0.1) is 18.8 Å². The van der Waals surface area contributed by atoms with Gasteiger partial charge in [0, 0.05) is 0 Å². The summed E-state index contributed by atoms with van der Waals surface area (Å²) >= 11 is 0. The van der Waals surface area contributed by atoms with Crippen LogP contribution in [-0.2, 0) is 20.9 Å². The first-order valence-corrected chi connectivity index (χ1v) is 7.83. The molecule has 1 fully saturated rings. The van der Waals surface area contributed by atoms with Gasteiger partial charge in [-0.1, -0.05) is 30.3 Å². The lowest BCUT2D eigenvalue weighted by atomic mass is 10.0. The number of aliphatic hydroxyl groups excluding tert-OH is 1. The third-order valence-corrected chi connectivity index (χ3v) is 3.62. The molecule has 2 atom stereocenters. The zero-order valence-electron chi connectivity index (χ0n) is 13.5. The third kappa shape index (κ3) is 4.96. The Morgan fingerprint density at radius 3 is 2.61 bits per heavy atom. The van der Waals surface area contributed by atoms with Crippen LogP contribution in [0.15, 0.2) is 30.3 Å². The average Bonchev–Trinajstić information content (AvgIpc) is 2.52. The van der Waals surface area contributed by atoms with Crippen LogP contribution in [0, 0.1) is 0 Å². The Hall–Kier alpha value is -2.08. The van der Waals surface area contributed by atoms with Crippen LogP contribution in [0.3, 0.4) is 0 Å². The summed E-state index contributed by atoms with van der Waals surface area (Å²) in [6.45, 7) is 3.71. The number of esters is 1. The third-order valence-electron chi connectivity index (χ3n) is 3.62. The van der Waals surface area contributed by atoms with E-state index >= 15 is 0 Å². The first kappa shape index (κ1) is 17.3. The molecule has 1 aliphatic rings. The smallest absolute Gasteiger partial charge is 0.410 e. The Kier molecular flexibility index (Phi) is 5.98. The second kappa shape index (κ2) is 7.97. The van der Waals surface area contributed by atoms with Gasteiger partial charge in [0.15, 0.2) is 0 Å². The Balaban J connectivity index is 1.99. The summed E-state index contributed by atoms with van der Waals surface area (Å²) in [6, 6.07) is 8.59. The van der Waals surface area contributed by atoms with E-state index in [0.717, 1.165) is 5.56 Å². The number of piperidine rings is 1. The van der Waals surface area contributed by atoms with E-state index in [9.17, 15) is 14.7 Å². The second-order valence-corrected chi connectivity index (χ2v) is 5.93. The summed E-state index contributed by atoms with van der Waals surface area (Å²) in [6.07, 6.45) is -0.690. The molecule has 1 aromatic carbocycles. The number of carbonyl (C=O) groups is 2. The van der Waals surface area contributed by atoms with Crippen LogP contribution in [0.2, 0.25) is 0 Å². The van der Waals surface area contributed by atoms with Crippen LogP contribution in [0.25, 0.3) is 0 Å². The Labute approximate surface area is 136 Å². The van der Waals surface area contributed by atoms with Gasteiger partial charge in [-0.15, -0.1) is 0 Å². The molecule has 0 saturated carbocycles. The summed E-state index contributed by atoms with van der Waals surface area (Å²) in [5.74, 6) is -0.455. The summed E-state index contributed by atoms with van der Waals surface area (Å²) < 4.78 is 10.5.